The number of hydrogen-bond donors (Lipinski definition) is 0. The third-order valence-corrected chi connectivity index (χ3v) is 4.79. The molecule has 3 aromatic rings. The van der Waals surface area contributed by atoms with Crippen molar-refractivity contribution >= 4 is 49.6 Å². The molecular formula is C14H9BrN2O3S. The van der Waals surface area contributed by atoms with Gasteiger partial charge in [0, 0.05) is 23.7 Å². The van der Waals surface area contributed by atoms with E-state index >= 15 is 0 Å². The molecule has 0 atom stereocenters. The molecule has 2 aromatic heterocycles. The lowest BCUT2D eigenvalue weighted by molar-refractivity contribution is -0.384. The first-order valence-electron chi connectivity index (χ1n) is 6.06. The second kappa shape index (κ2) is 5.42. The van der Waals surface area contributed by atoms with Crippen LogP contribution in [0.1, 0.15) is 9.67 Å². The van der Waals surface area contributed by atoms with Gasteiger partial charge in [0.15, 0.2) is 5.78 Å². The number of non-ortho nitro benzene ring substituents is 1. The Labute approximate surface area is 132 Å². The number of halogens is 1. The van der Waals surface area contributed by atoms with Crippen molar-refractivity contribution in [3.05, 3.63) is 61.4 Å². The highest BCUT2D eigenvalue weighted by molar-refractivity contribution is 9.11. The minimum Gasteiger partial charge on any atom is -0.339 e. The molecule has 5 nitrogen and oxygen atoms in total. The Kier molecular flexibility index (Phi) is 3.60. The molecule has 2 heterocycles. The first kappa shape index (κ1) is 14.0. The van der Waals surface area contributed by atoms with Crippen molar-refractivity contribution in [3.8, 4) is 0 Å². The van der Waals surface area contributed by atoms with Gasteiger partial charge in [0.05, 0.1) is 25.6 Å². The molecule has 0 bridgehead atoms. The number of nitro groups is 1. The molecule has 0 saturated heterocycles. The summed E-state index contributed by atoms with van der Waals surface area (Å²) in [5.41, 5.74) is 0.710. The highest BCUT2D eigenvalue weighted by atomic mass is 79.9. The standard InChI is InChI=1S/C14H9BrN2O3S/c15-14-4-3-13(21-14)12(18)8-16-6-5-9-1-2-10(17(19)20)7-11(9)16/h1-7H,8H2. The molecule has 0 N–H and O–H groups in total. The molecule has 0 spiro atoms. The van der Waals surface area contributed by atoms with Crippen LogP contribution in [0.15, 0.2) is 46.4 Å². The lowest BCUT2D eigenvalue weighted by Crippen LogP contribution is -2.08. The largest absolute Gasteiger partial charge is 0.339 e. The summed E-state index contributed by atoms with van der Waals surface area (Å²) in [4.78, 5) is 23.3. The molecule has 21 heavy (non-hydrogen) atoms. The predicted molar refractivity (Wildman–Crippen MR) is 84.9 cm³/mol. The van der Waals surface area contributed by atoms with E-state index in [1.165, 1.54) is 23.5 Å². The van der Waals surface area contributed by atoms with E-state index < -0.39 is 4.92 Å². The zero-order valence-corrected chi connectivity index (χ0v) is 13.1. The second-order valence-corrected chi connectivity index (χ2v) is 6.93. The van der Waals surface area contributed by atoms with Gasteiger partial charge in [0.1, 0.15) is 0 Å². The van der Waals surface area contributed by atoms with Gasteiger partial charge >= 0.3 is 0 Å². The van der Waals surface area contributed by atoms with Crippen LogP contribution in [-0.4, -0.2) is 15.3 Å². The maximum absolute atomic E-state index is 12.2. The number of Topliss-reactive ketones (excluding diaryl/α,β-unsaturated/α-hetero) is 1. The van der Waals surface area contributed by atoms with Gasteiger partial charge in [-0.3, -0.25) is 14.9 Å². The Bertz CT molecular complexity index is 853. The predicted octanol–water partition coefficient (Wildman–Crippen LogP) is 4.26. The summed E-state index contributed by atoms with van der Waals surface area (Å²) in [5.74, 6) is -0.0188. The van der Waals surface area contributed by atoms with E-state index in [0.717, 1.165) is 9.17 Å². The average Bonchev–Trinajstić information content (AvgIpc) is 3.05. The first-order valence-corrected chi connectivity index (χ1v) is 7.67. The topological polar surface area (TPSA) is 65.1 Å². The van der Waals surface area contributed by atoms with E-state index in [1.54, 1.807) is 22.9 Å². The van der Waals surface area contributed by atoms with Crippen molar-refractivity contribution in [1.82, 2.24) is 4.57 Å². The Morgan fingerprint density at radius 3 is 2.76 bits per heavy atom. The van der Waals surface area contributed by atoms with Gasteiger partial charge in [-0.05, 0) is 40.2 Å². The summed E-state index contributed by atoms with van der Waals surface area (Å²) in [6, 6.07) is 10.1. The summed E-state index contributed by atoms with van der Waals surface area (Å²) < 4.78 is 2.64. The van der Waals surface area contributed by atoms with Gasteiger partial charge in [-0.1, -0.05) is 0 Å². The quantitative estimate of drug-likeness (QED) is 0.394. The van der Waals surface area contributed by atoms with E-state index in [-0.39, 0.29) is 18.0 Å². The van der Waals surface area contributed by atoms with Crippen LogP contribution in [0.3, 0.4) is 0 Å². The van der Waals surface area contributed by atoms with Gasteiger partial charge in [-0.25, -0.2) is 0 Å². The van der Waals surface area contributed by atoms with Crippen molar-refractivity contribution in [2.75, 3.05) is 0 Å². The molecule has 7 heteroatoms. The number of carbonyl (C=O) groups is 1. The molecule has 0 aliphatic carbocycles. The van der Waals surface area contributed by atoms with Gasteiger partial charge in [0.2, 0.25) is 0 Å². The van der Waals surface area contributed by atoms with Crippen LogP contribution in [0.25, 0.3) is 10.9 Å². The van der Waals surface area contributed by atoms with Crippen molar-refractivity contribution in [3.63, 3.8) is 0 Å². The van der Waals surface area contributed by atoms with Crippen molar-refractivity contribution in [2.24, 2.45) is 0 Å². The molecule has 0 radical (unpaired) electrons. The van der Waals surface area contributed by atoms with Crippen molar-refractivity contribution in [2.45, 2.75) is 6.54 Å². The fourth-order valence-electron chi connectivity index (χ4n) is 2.12. The molecule has 0 amide bonds. The van der Waals surface area contributed by atoms with Crippen LogP contribution in [-0.2, 0) is 6.54 Å². The Balaban J connectivity index is 1.95. The van der Waals surface area contributed by atoms with Crippen LogP contribution >= 0.6 is 27.3 Å². The maximum Gasteiger partial charge on any atom is 0.271 e. The molecule has 3 rings (SSSR count). The normalized spacial score (nSPS) is 10.9. The zero-order valence-electron chi connectivity index (χ0n) is 10.7. The minimum atomic E-state index is -0.436. The summed E-state index contributed by atoms with van der Waals surface area (Å²) in [6.07, 6.45) is 1.77. The van der Waals surface area contributed by atoms with Gasteiger partial charge < -0.3 is 4.57 Å². The Morgan fingerprint density at radius 1 is 1.29 bits per heavy atom. The number of nitrogens with zero attached hydrogens (tertiary/aromatic N) is 2. The summed E-state index contributed by atoms with van der Waals surface area (Å²) in [6.45, 7) is 0.164. The smallest absolute Gasteiger partial charge is 0.271 e. The fraction of sp³-hybridized carbons (Fsp3) is 0.0714. The first-order chi connectivity index (χ1) is 10.0. The van der Waals surface area contributed by atoms with E-state index in [1.807, 2.05) is 12.1 Å². The van der Waals surface area contributed by atoms with Gasteiger partial charge in [-0.2, -0.15) is 0 Å². The fourth-order valence-corrected chi connectivity index (χ4v) is 3.44. The van der Waals surface area contributed by atoms with Crippen molar-refractivity contribution in [1.29, 1.82) is 0 Å². The summed E-state index contributed by atoms with van der Waals surface area (Å²) in [7, 11) is 0. The number of nitro benzene ring substituents is 1. The maximum atomic E-state index is 12.2. The molecule has 106 valence electrons. The average molecular weight is 365 g/mol. The third-order valence-electron chi connectivity index (χ3n) is 3.13. The van der Waals surface area contributed by atoms with Crippen LogP contribution in [0.5, 0.6) is 0 Å². The van der Waals surface area contributed by atoms with Gasteiger partial charge in [-0.15, -0.1) is 11.3 Å². The summed E-state index contributed by atoms with van der Waals surface area (Å²) >= 11 is 4.70. The Morgan fingerprint density at radius 2 is 2.10 bits per heavy atom. The SMILES string of the molecule is O=C(Cn1ccc2ccc([N+](=O)[O-])cc21)c1ccc(Br)s1. The van der Waals surface area contributed by atoms with E-state index in [2.05, 4.69) is 15.9 Å². The number of fused-ring (bicyclic) bond motifs is 1. The number of aromatic nitrogens is 1. The van der Waals surface area contributed by atoms with Crippen LogP contribution < -0.4 is 0 Å². The number of hydrogen-bond acceptors (Lipinski definition) is 4. The molecule has 0 aliphatic rings. The van der Waals surface area contributed by atoms with E-state index in [9.17, 15) is 14.9 Å². The molecule has 1 aromatic carbocycles. The third kappa shape index (κ3) is 2.74. The number of rotatable bonds is 4. The molecule has 0 fully saturated rings. The minimum absolute atomic E-state index is 0.0188. The van der Waals surface area contributed by atoms with Gasteiger partial charge in [0.25, 0.3) is 5.69 Å². The monoisotopic (exact) mass is 364 g/mol. The lowest BCUT2D eigenvalue weighted by Gasteiger charge is -2.03. The number of thiophene rings is 1. The molecule has 0 aliphatic heterocycles. The molecular weight excluding hydrogens is 356 g/mol. The lowest BCUT2D eigenvalue weighted by atomic mass is 10.2. The number of ketones is 1. The Hall–Kier alpha value is -1.99. The van der Waals surface area contributed by atoms with Crippen molar-refractivity contribution < 1.29 is 9.72 Å². The van der Waals surface area contributed by atoms with E-state index in [4.69, 9.17) is 0 Å². The van der Waals surface area contributed by atoms with E-state index in [0.29, 0.717) is 10.4 Å². The van der Waals surface area contributed by atoms with Crippen LogP contribution in [0, 0.1) is 10.1 Å². The highest BCUT2D eigenvalue weighted by Crippen LogP contribution is 2.25. The summed E-state index contributed by atoms with van der Waals surface area (Å²) in [5, 5.41) is 11.7. The van der Waals surface area contributed by atoms with Crippen LogP contribution in [0.4, 0.5) is 5.69 Å². The van der Waals surface area contributed by atoms with Crippen LogP contribution in [0.2, 0.25) is 0 Å². The zero-order chi connectivity index (χ0) is 15.0. The molecule has 0 saturated carbocycles. The number of benzene rings is 1. The second-order valence-electron chi connectivity index (χ2n) is 4.47. The molecule has 0 unspecified atom stereocenters. The highest BCUT2D eigenvalue weighted by Gasteiger charge is 2.13. The number of carbonyl (C=O) groups excluding carboxylic acids is 1.